The second-order valence-corrected chi connectivity index (χ2v) is 8.13. The van der Waals surface area contributed by atoms with Crippen molar-refractivity contribution >= 4 is 15.7 Å². The van der Waals surface area contributed by atoms with E-state index in [0.29, 0.717) is 19.4 Å². The molecule has 0 radical (unpaired) electrons. The van der Waals surface area contributed by atoms with Crippen LogP contribution in [0.5, 0.6) is 5.75 Å². The van der Waals surface area contributed by atoms with E-state index in [0.717, 1.165) is 17.2 Å². The van der Waals surface area contributed by atoms with Gasteiger partial charge in [-0.2, -0.15) is 4.31 Å². The first kappa shape index (κ1) is 18.3. The number of nitro groups is 1. The summed E-state index contributed by atoms with van der Waals surface area (Å²) in [7, 11) is -2.63. The maximum absolute atomic E-state index is 13.2. The van der Waals surface area contributed by atoms with Crippen molar-refractivity contribution in [1.82, 2.24) is 4.31 Å². The van der Waals surface area contributed by atoms with E-state index in [2.05, 4.69) is 0 Å². The molecular weight excluding hydrogens is 356 g/mol. The number of sulfonamides is 1. The summed E-state index contributed by atoms with van der Waals surface area (Å²) in [6.45, 7) is 2.30. The summed E-state index contributed by atoms with van der Waals surface area (Å²) < 4.78 is 32.7. The van der Waals surface area contributed by atoms with Crippen molar-refractivity contribution in [1.29, 1.82) is 0 Å². The van der Waals surface area contributed by atoms with Gasteiger partial charge >= 0.3 is 0 Å². The Morgan fingerprint density at radius 1 is 1.19 bits per heavy atom. The second kappa shape index (κ2) is 7.05. The molecule has 0 aliphatic carbocycles. The minimum absolute atomic E-state index is 0.243. The van der Waals surface area contributed by atoms with E-state index < -0.39 is 20.6 Å². The van der Waals surface area contributed by atoms with Crippen LogP contribution in [0.1, 0.15) is 30.0 Å². The second-order valence-electron chi connectivity index (χ2n) is 6.28. The van der Waals surface area contributed by atoms with Crippen LogP contribution in [0.2, 0.25) is 0 Å². The largest absolute Gasteiger partial charge is 0.497 e. The van der Waals surface area contributed by atoms with E-state index in [4.69, 9.17) is 4.74 Å². The summed E-state index contributed by atoms with van der Waals surface area (Å²) in [6.07, 6.45) is 1.40. The predicted octanol–water partition coefficient (Wildman–Crippen LogP) is 3.44. The number of rotatable bonds is 5. The first-order valence-corrected chi connectivity index (χ1v) is 9.69. The molecule has 0 saturated carbocycles. The number of hydrogen-bond donors (Lipinski definition) is 0. The van der Waals surface area contributed by atoms with Gasteiger partial charge in [-0.15, -0.1) is 0 Å². The Balaban J connectivity index is 2.04. The highest BCUT2D eigenvalue weighted by molar-refractivity contribution is 7.89. The Morgan fingerprint density at radius 3 is 2.50 bits per heavy atom. The molecule has 1 aliphatic rings. The molecule has 26 heavy (non-hydrogen) atoms. The number of nitrogens with zero attached hydrogens (tertiary/aromatic N) is 2. The third-order valence-electron chi connectivity index (χ3n) is 4.62. The van der Waals surface area contributed by atoms with Gasteiger partial charge in [0.05, 0.1) is 24.1 Å². The maximum Gasteiger partial charge on any atom is 0.293 e. The lowest BCUT2D eigenvalue weighted by atomic mass is 10.0. The SMILES string of the molecule is COc1ccc(S(=O)(=O)N2CCCC2c2ccc(C)cc2)c([N+](=O)[O-])c1. The zero-order valence-electron chi connectivity index (χ0n) is 14.6. The molecule has 0 spiro atoms. The average Bonchev–Trinajstić information content (AvgIpc) is 3.12. The van der Waals surface area contributed by atoms with Crippen LogP contribution in [0.15, 0.2) is 47.4 Å². The molecule has 1 unspecified atom stereocenters. The lowest BCUT2D eigenvalue weighted by Crippen LogP contribution is -2.31. The van der Waals surface area contributed by atoms with Crippen LogP contribution in [-0.2, 0) is 10.0 Å². The Morgan fingerprint density at radius 2 is 1.88 bits per heavy atom. The highest BCUT2D eigenvalue weighted by Crippen LogP contribution is 2.39. The molecule has 0 bridgehead atoms. The van der Waals surface area contributed by atoms with Gasteiger partial charge in [0, 0.05) is 6.54 Å². The summed E-state index contributed by atoms with van der Waals surface area (Å²) >= 11 is 0. The van der Waals surface area contributed by atoms with Crippen molar-refractivity contribution in [2.45, 2.75) is 30.7 Å². The average molecular weight is 376 g/mol. The van der Waals surface area contributed by atoms with Gasteiger partial charge in [0.15, 0.2) is 4.90 Å². The van der Waals surface area contributed by atoms with Gasteiger partial charge in [-0.25, -0.2) is 8.42 Å². The zero-order chi connectivity index (χ0) is 18.9. The number of aryl methyl sites for hydroxylation is 1. The first-order chi connectivity index (χ1) is 12.3. The zero-order valence-corrected chi connectivity index (χ0v) is 15.4. The van der Waals surface area contributed by atoms with Crippen LogP contribution >= 0.6 is 0 Å². The molecule has 138 valence electrons. The number of nitro benzene ring substituents is 1. The molecule has 1 saturated heterocycles. The van der Waals surface area contributed by atoms with E-state index in [1.54, 1.807) is 0 Å². The molecule has 0 aromatic heterocycles. The highest BCUT2D eigenvalue weighted by atomic mass is 32.2. The highest BCUT2D eigenvalue weighted by Gasteiger charge is 2.39. The molecule has 1 aliphatic heterocycles. The van der Waals surface area contributed by atoms with Gasteiger partial charge in [-0.05, 0) is 37.5 Å². The lowest BCUT2D eigenvalue weighted by molar-refractivity contribution is -0.387. The maximum atomic E-state index is 13.2. The fourth-order valence-corrected chi connectivity index (χ4v) is 5.08. The fourth-order valence-electron chi connectivity index (χ4n) is 3.26. The minimum atomic E-state index is -4.01. The number of ether oxygens (including phenoxy) is 1. The molecule has 1 atom stereocenters. The van der Waals surface area contributed by atoms with Crippen LogP contribution in [-0.4, -0.2) is 31.3 Å². The van der Waals surface area contributed by atoms with Crippen molar-refractivity contribution in [2.75, 3.05) is 13.7 Å². The molecule has 7 nitrogen and oxygen atoms in total. The van der Waals surface area contributed by atoms with Gasteiger partial charge in [0.1, 0.15) is 5.75 Å². The molecule has 3 rings (SSSR count). The quantitative estimate of drug-likeness (QED) is 0.589. The smallest absolute Gasteiger partial charge is 0.293 e. The standard InChI is InChI=1S/C18H20N2O5S/c1-13-5-7-14(8-6-13)16-4-3-11-19(16)26(23,24)18-10-9-15(25-2)12-17(18)20(21)22/h5-10,12,16H,3-4,11H2,1-2H3. The van der Waals surface area contributed by atoms with Gasteiger partial charge in [0.25, 0.3) is 5.69 Å². The lowest BCUT2D eigenvalue weighted by Gasteiger charge is -2.24. The van der Waals surface area contributed by atoms with Crippen molar-refractivity contribution in [3.8, 4) is 5.75 Å². The van der Waals surface area contributed by atoms with E-state index in [1.807, 2.05) is 31.2 Å². The number of hydrogen-bond acceptors (Lipinski definition) is 5. The van der Waals surface area contributed by atoms with Crippen molar-refractivity contribution in [2.24, 2.45) is 0 Å². The third-order valence-corrected chi connectivity index (χ3v) is 6.57. The van der Waals surface area contributed by atoms with E-state index in [9.17, 15) is 18.5 Å². The Kier molecular flexibility index (Phi) is 4.97. The van der Waals surface area contributed by atoms with Gasteiger partial charge in [-0.3, -0.25) is 10.1 Å². The molecule has 1 fully saturated rings. The van der Waals surface area contributed by atoms with Crippen LogP contribution in [0.3, 0.4) is 0 Å². The van der Waals surface area contributed by atoms with E-state index >= 15 is 0 Å². The first-order valence-electron chi connectivity index (χ1n) is 8.25. The number of benzene rings is 2. The molecule has 8 heteroatoms. The third kappa shape index (κ3) is 3.30. The van der Waals surface area contributed by atoms with Crippen LogP contribution in [0.4, 0.5) is 5.69 Å². The van der Waals surface area contributed by atoms with Gasteiger partial charge in [0.2, 0.25) is 10.0 Å². The normalized spacial score (nSPS) is 18.0. The van der Waals surface area contributed by atoms with Crippen molar-refractivity contribution in [3.63, 3.8) is 0 Å². The van der Waals surface area contributed by atoms with Crippen molar-refractivity contribution in [3.05, 3.63) is 63.7 Å². The van der Waals surface area contributed by atoms with E-state index in [-0.39, 0.29) is 16.7 Å². The monoisotopic (exact) mass is 376 g/mol. The van der Waals surface area contributed by atoms with Crippen LogP contribution in [0.25, 0.3) is 0 Å². The fraction of sp³-hybridized carbons (Fsp3) is 0.333. The Hall–Kier alpha value is -2.45. The van der Waals surface area contributed by atoms with Gasteiger partial charge in [-0.1, -0.05) is 29.8 Å². The van der Waals surface area contributed by atoms with Gasteiger partial charge < -0.3 is 4.74 Å². The summed E-state index contributed by atoms with van der Waals surface area (Å²) in [5, 5.41) is 11.4. The van der Waals surface area contributed by atoms with Crippen molar-refractivity contribution < 1.29 is 18.1 Å². The minimum Gasteiger partial charge on any atom is -0.497 e. The van der Waals surface area contributed by atoms with E-state index in [1.165, 1.54) is 23.5 Å². The predicted molar refractivity (Wildman–Crippen MR) is 96.7 cm³/mol. The summed E-state index contributed by atoms with van der Waals surface area (Å²) in [6, 6.07) is 11.2. The Labute approximate surface area is 152 Å². The molecule has 2 aromatic rings. The summed E-state index contributed by atoms with van der Waals surface area (Å²) in [5.41, 5.74) is 1.51. The van der Waals surface area contributed by atoms with Crippen LogP contribution < -0.4 is 4.74 Å². The van der Waals surface area contributed by atoms with Crippen LogP contribution in [0, 0.1) is 17.0 Å². The molecule has 1 heterocycles. The molecular formula is C18H20N2O5S. The summed E-state index contributed by atoms with van der Waals surface area (Å²) in [5.74, 6) is 0.243. The Bertz CT molecular complexity index is 925. The molecule has 0 N–H and O–H groups in total. The topological polar surface area (TPSA) is 89.8 Å². The summed E-state index contributed by atoms with van der Waals surface area (Å²) in [4.78, 5) is 10.4. The number of methoxy groups -OCH3 is 1. The molecule has 0 amide bonds. The molecule has 2 aromatic carbocycles.